The summed E-state index contributed by atoms with van der Waals surface area (Å²) in [5, 5.41) is 11.4. The van der Waals surface area contributed by atoms with Crippen LogP contribution >= 0.6 is 23.7 Å². The molecule has 33 heavy (non-hydrogen) atoms. The number of non-ortho nitro benzene ring substituents is 1. The molecule has 1 aliphatic heterocycles. The SMILES string of the molecule is CN(C)CCCN(C(=O)C=Cc1ccc([N+](=O)[O-])cc1)c1nc2cc3c(cc2s1)OCO3.Cl. The second-order valence-corrected chi connectivity index (χ2v) is 8.51. The molecule has 2 heterocycles. The molecule has 0 atom stereocenters. The number of halogens is 1. The number of ether oxygens (including phenoxy) is 2. The number of thiazole rings is 1. The molecule has 0 aliphatic carbocycles. The fraction of sp³-hybridized carbons (Fsp3) is 0.273. The Morgan fingerprint density at radius 2 is 1.88 bits per heavy atom. The number of carbonyl (C=O) groups excluding carboxylic acids is 1. The van der Waals surface area contributed by atoms with Crippen molar-refractivity contribution in [2.45, 2.75) is 6.42 Å². The third-order valence-corrected chi connectivity index (χ3v) is 5.92. The molecule has 0 unspecified atom stereocenters. The van der Waals surface area contributed by atoms with Crippen molar-refractivity contribution in [3.8, 4) is 11.5 Å². The first kappa shape index (κ1) is 24.4. The number of hydrogen-bond acceptors (Lipinski definition) is 8. The fourth-order valence-corrected chi connectivity index (χ4v) is 4.24. The van der Waals surface area contributed by atoms with Gasteiger partial charge in [0.05, 0.1) is 15.1 Å². The number of amides is 1. The van der Waals surface area contributed by atoms with E-state index < -0.39 is 4.92 Å². The predicted molar refractivity (Wildman–Crippen MR) is 131 cm³/mol. The Morgan fingerprint density at radius 3 is 2.55 bits per heavy atom. The zero-order valence-corrected chi connectivity index (χ0v) is 19.7. The molecular formula is C22H23ClN4O5S. The maximum absolute atomic E-state index is 13.1. The zero-order chi connectivity index (χ0) is 22.7. The molecule has 0 spiro atoms. The van der Waals surface area contributed by atoms with E-state index in [9.17, 15) is 14.9 Å². The third kappa shape index (κ3) is 5.78. The van der Waals surface area contributed by atoms with Gasteiger partial charge in [0, 0.05) is 36.9 Å². The number of nitrogens with zero attached hydrogens (tertiary/aromatic N) is 4. The molecule has 4 rings (SSSR count). The highest BCUT2D eigenvalue weighted by atomic mass is 35.5. The Balaban J connectivity index is 0.00000306. The monoisotopic (exact) mass is 490 g/mol. The summed E-state index contributed by atoms with van der Waals surface area (Å²) >= 11 is 1.42. The summed E-state index contributed by atoms with van der Waals surface area (Å²) in [6.07, 6.45) is 3.90. The van der Waals surface area contributed by atoms with Crippen molar-refractivity contribution < 1.29 is 19.2 Å². The summed E-state index contributed by atoms with van der Waals surface area (Å²) in [5.74, 6) is 1.12. The molecule has 9 nitrogen and oxygen atoms in total. The number of aromatic nitrogens is 1. The Morgan fingerprint density at radius 1 is 1.18 bits per heavy atom. The van der Waals surface area contributed by atoms with Crippen LogP contribution in [0, 0.1) is 10.1 Å². The molecule has 3 aromatic rings. The van der Waals surface area contributed by atoms with E-state index in [1.165, 1.54) is 29.5 Å². The summed E-state index contributed by atoms with van der Waals surface area (Å²) in [7, 11) is 3.97. The molecule has 0 radical (unpaired) electrons. The summed E-state index contributed by atoms with van der Waals surface area (Å²) in [6, 6.07) is 9.75. The molecule has 0 fully saturated rings. The van der Waals surface area contributed by atoms with Gasteiger partial charge < -0.3 is 14.4 Å². The van der Waals surface area contributed by atoms with Crippen LogP contribution in [0.15, 0.2) is 42.5 Å². The molecule has 1 aromatic heterocycles. The predicted octanol–water partition coefficient (Wildman–Crippen LogP) is 4.35. The van der Waals surface area contributed by atoms with Crippen LogP contribution in [0.2, 0.25) is 0 Å². The lowest BCUT2D eigenvalue weighted by Gasteiger charge is -2.19. The van der Waals surface area contributed by atoms with Gasteiger partial charge in [-0.2, -0.15) is 0 Å². The molecule has 1 aliphatic rings. The highest BCUT2D eigenvalue weighted by Crippen LogP contribution is 2.39. The average Bonchev–Trinajstić information content (AvgIpc) is 3.39. The number of anilines is 1. The van der Waals surface area contributed by atoms with Crippen molar-refractivity contribution in [3.63, 3.8) is 0 Å². The van der Waals surface area contributed by atoms with Gasteiger partial charge in [0.25, 0.3) is 11.6 Å². The summed E-state index contributed by atoms with van der Waals surface area (Å²) in [5.41, 5.74) is 1.46. The van der Waals surface area contributed by atoms with Gasteiger partial charge in [-0.25, -0.2) is 4.98 Å². The van der Waals surface area contributed by atoms with Crippen LogP contribution in [-0.4, -0.2) is 54.7 Å². The van der Waals surface area contributed by atoms with Gasteiger partial charge >= 0.3 is 0 Å². The number of nitro benzene ring substituents is 1. The minimum Gasteiger partial charge on any atom is -0.454 e. The maximum atomic E-state index is 13.1. The number of fused-ring (bicyclic) bond motifs is 2. The normalized spacial score (nSPS) is 12.3. The second kappa shape index (κ2) is 10.6. The van der Waals surface area contributed by atoms with Gasteiger partial charge in [0.15, 0.2) is 16.6 Å². The number of benzene rings is 2. The molecule has 0 saturated carbocycles. The van der Waals surface area contributed by atoms with Crippen LogP contribution in [-0.2, 0) is 4.79 Å². The van der Waals surface area contributed by atoms with Gasteiger partial charge in [0.1, 0.15) is 0 Å². The van der Waals surface area contributed by atoms with Crippen LogP contribution in [0.1, 0.15) is 12.0 Å². The van der Waals surface area contributed by atoms with Crippen LogP contribution in [0.3, 0.4) is 0 Å². The molecule has 11 heteroatoms. The van der Waals surface area contributed by atoms with E-state index >= 15 is 0 Å². The minimum absolute atomic E-state index is 0. The molecule has 2 aromatic carbocycles. The topological polar surface area (TPSA) is 98.0 Å². The van der Waals surface area contributed by atoms with E-state index in [1.54, 1.807) is 23.1 Å². The van der Waals surface area contributed by atoms with E-state index in [1.807, 2.05) is 26.2 Å². The van der Waals surface area contributed by atoms with Crippen LogP contribution in [0.5, 0.6) is 11.5 Å². The van der Waals surface area contributed by atoms with Gasteiger partial charge in [-0.15, -0.1) is 12.4 Å². The molecule has 0 bridgehead atoms. The number of hydrogen-bond donors (Lipinski definition) is 0. The minimum atomic E-state index is -0.454. The summed E-state index contributed by atoms with van der Waals surface area (Å²) < 4.78 is 11.8. The maximum Gasteiger partial charge on any atom is 0.269 e. The number of carbonyl (C=O) groups is 1. The van der Waals surface area contributed by atoms with E-state index in [0.29, 0.717) is 28.7 Å². The Labute approximate surface area is 200 Å². The summed E-state index contributed by atoms with van der Waals surface area (Å²) in [6.45, 7) is 1.53. The van der Waals surface area contributed by atoms with Gasteiger partial charge in [-0.05, 0) is 50.8 Å². The van der Waals surface area contributed by atoms with Crippen LogP contribution in [0.25, 0.3) is 16.3 Å². The lowest BCUT2D eigenvalue weighted by atomic mass is 10.2. The smallest absolute Gasteiger partial charge is 0.269 e. The first-order valence-electron chi connectivity index (χ1n) is 9.99. The van der Waals surface area contributed by atoms with Crippen molar-refractivity contribution in [1.29, 1.82) is 0 Å². The molecule has 174 valence electrons. The van der Waals surface area contributed by atoms with Gasteiger partial charge in [0.2, 0.25) is 6.79 Å². The van der Waals surface area contributed by atoms with E-state index in [0.717, 1.165) is 23.2 Å². The summed E-state index contributed by atoms with van der Waals surface area (Å²) in [4.78, 5) is 31.8. The Hall–Kier alpha value is -3.21. The van der Waals surface area contributed by atoms with Gasteiger partial charge in [-0.1, -0.05) is 11.3 Å². The first-order valence-corrected chi connectivity index (χ1v) is 10.8. The zero-order valence-electron chi connectivity index (χ0n) is 18.1. The van der Waals surface area contributed by atoms with E-state index in [4.69, 9.17) is 9.47 Å². The third-order valence-electron chi connectivity index (χ3n) is 4.88. The highest BCUT2D eigenvalue weighted by molar-refractivity contribution is 7.22. The van der Waals surface area contributed by atoms with Crippen molar-refractivity contribution in [3.05, 3.63) is 58.2 Å². The first-order chi connectivity index (χ1) is 15.4. The van der Waals surface area contributed by atoms with Crippen molar-refractivity contribution in [2.75, 3.05) is 38.9 Å². The van der Waals surface area contributed by atoms with Crippen molar-refractivity contribution in [1.82, 2.24) is 9.88 Å². The highest BCUT2D eigenvalue weighted by Gasteiger charge is 2.21. The Kier molecular flexibility index (Phi) is 7.85. The fourth-order valence-electron chi connectivity index (χ4n) is 3.23. The largest absolute Gasteiger partial charge is 0.454 e. The average molecular weight is 491 g/mol. The lowest BCUT2D eigenvalue weighted by molar-refractivity contribution is -0.384. The van der Waals surface area contributed by atoms with Crippen LogP contribution < -0.4 is 14.4 Å². The quantitative estimate of drug-likeness (QED) is 0.263. The van der Waals surface area contributed by atoms with Crippen molar-refractivity contribution >= 4 is 56.8 Å². The molecule has 1 amide bonds. The van der Waals surface area contributed by atoms with Gasteiger partial charge in [-0.3, -0.25) is 19.8 Å². The number of rotatable bonds is 8. The number of nitro groups is 1. The van der Waals surface area contributed by atoms with E-state index in [2.05, 4.69) is 9.88 Å². The molecule has 0 saturated heterocycles. The van der Waals surface area contributed by atoms with Crippen LogP contribution in [0.4, 0.5) is 10.8 Å². The van der Waals surface area contributed by atoms with E-state index in [-0.39, 0.29) is 30.8 Å². The molecular weight excluding hydrogens is 468 g/mol. The lowest BCUT2D eigenvalue weighted by Crippen LogP contribution is -2.32. The molecule has 0 N–H and O–H groups in total. The standard InChI is InChI=1S/C22H22N4O5S.ClH/c1-24(2)10-3-11-25(21(27)9-6-15-4-7-16(8-5-15)26(28)29)22-23-17-12-18-19(31-14-30-18)13-20(17)32-22;/h4-9,12-13H,3,10-11,14H2,1-2H3;1H. The van der Waals surface area contributed by atoms with Crippen molar-refractivity contribution in [2.24, 2.45) is 0 Å². The second-order valence-electron chi connectivity index (χ2n) is 7.50. The Bertz CT molecular complexity index is 1140.